The number of aryl methyl sites for hydroxylation is 2. The van der Waals surface area contributed by atoms with Crippen LogP contribution in [0.25, 0.3) is 6.20 Å². The number of rotatable bonds is 2. The Kier molecular flexibility index (Phi) is 2.54. The second kappa shape index (κ2) is 3.69. The molecule has 1 aliphatic rings. The molecule has 4 heteroatoms. The van der Waals surface area contributed by atoms with Gasteiger partial charge in [-0.05, 0) is 13.3 Å². The Balaban J connectivity index is 2.55. The van der Waals surface area contributed by atoms with E-state index in [1.54, 1.807) is 0 Å². The quantitative estimate of drug-likeness (QED) is 0.599. The largest absolute Gasteiger partial charge is 0.301 e. The predicted octanol–water partition coefficient (Wildman–Crippen LogP) is 2.19. The summed E-state index contributed by atoms with van der Waals surface area (Å²) in [4.78, 5) is 16.0. The van der Waals surface area contributed by atoms with Crippen LogP contribution in [0.3, 0.4) is 0 Å². The molecule has 1 aromatic heterocycles. The minimum absolute atomic E-state index is 0.0906. The van der Waals surface area contributed by atoms with Gasteiger partial charge >= 0.3 is 0 Å². The molecule has 3 nitrogen and oxygen atoms in total. The number of halogens is 1. The van der Waals surface area contributed by atoms with Crippen LogP contribution in [-0.2, 0) is 6.42 Å². The predicted molar refractivity (Wildman–Crippen MR) is 58.7 cm³/mol. The molecule has 0 spiro atoms. The number of allylic oxidation sites excluding steroid dienone is 1. The summed E-state index contributed by atoms with van der Waals surface area (Å²) < 4.78 is 1.91. The number of imidazole rings is 1. The van der Waals surface area contributed by atoms with Crippen molar-refractivity contribution >= 4 is 27.9 Å². The minimum Gasteiger partial charge on any atom is -0.301 e. The van der Waals surface area contributed by atoms with Crippen molar-refractivity contribution in [3.63, 3.8) is 0 Å². The Morgan fingerprint density at radius 3 is 3.21 bits per heavy atom. The summed E-state index contributed by atoms with van der Waals surface area (Å²) in [7, 11) is 0. The van der Waals surface area contributed by atoms with E-state index in [4.69, 9.17) is 0 Å². The van der Waals surface area contributed by atoms with E-state index < -0.39 is 0 Å². The van der Waals surface area contributed by atoms with Gasteiger partial charge in [0.25, 0.3) is 0 Å². The van der Waals surface area contributed by atoms with E-state index in [-0.39, 0.29) is 5.78 Å². The van der Waals surface area contributed by atoms with E-state index in [9.17, 15) is 4.79 Å². The fraction of sp³-hybridized carbons (Fsp3) is 0.400. The molecule has 0 radical (unpaired) electrons. The maximum absolute atomic E-state index is 11.6. The average Bonchev–Trinajstić information content (AvgIpc) is 2.53. The Morgan fingerprint density at radius 2 is 2.50 bits per heavy atom. The Hall–Kier alpha value is -0.900. The van der Waals surface area contributed by atoms with Crippen molar-refractivity contribution in [2.24, 2.45) is 0 Å². The topological polar surface area (TPSA) is 34.9 Å². The van der Waals surface area contributed by atoms with Crippen molar-refractivity contribution < 1.29 is 4.79 Å². The number of Topliss-reactive ketones (excluding diaryl/α,β-unsaturated/α-hetero) is 1. The van der Waals surface area contributed by atoms with Gasteiger partial charge in [0, 0.05) is 12.6 Å². The van der Waals surface area contributed by atoms with Gasteiger partial charge in [0.15, 0.2) is 5.78 Å². The molecule has 0 aliphatic carbocycles. The molecule has 14 heavy (non-hydrogen) atoms. The number of alkyl halides is 1. The number of hydrogen-bond acceptors (Lipinski definition) is 2. The van der Waals surface area contributed by atoms with Gasteiger partial charge in [-0.25, -0.2) is 4.98 Å². The molecular weight excluding hydrogens is 244 g/mol. The zero-order valence-electron chi connectivity index (χ0n) is 7.96. The molecule has 0 bridgehead atoms. The van der Waals surface area contributed by atoms with Gasteiger partial charge in [-0.1, -0.05) is 22.0 Å². The van der Waals surface area contributed by atoms with Crippen LogP contribution in [-0.4, -0.2) is 20.7 Å². The van der Waals surface area contributed by atoms with E-state index in [0.717, 1.165) is 24.4 Å². The first-order valence-corrected chi connectivity index (χ1v) is 5.69. The third-order valence-corrected chi connectivity index (χ3v) is 2.84. The standard InChI is InChI=1S/C10H11BrN2O/c1-7-10(8(14)6-11)13-5-3-2-4-9(13)12-7/h3,5H,2,4,6H2,1H3. The van der Waals surface area contributed by atoms with Crippen molar-refractivity contribution in [1.29, 1.82) is 0 Å². The molecule has 1 aliphatic heterocycles. The molecule has 0 saturated heterocycles. The second-order valence-corrected chi connectivity index (χ2v) is 3.87. The number of carbonyl (C=O) groups is 1. The maximum atomic E-state index is 11.6. The molecular formula is C10H11BrN2O. The lowest BCUT2D eigenvalue weighted by atomic mass is 10.2. The summed E-state index contributed by atoms with van der Waals surface area (Å²) in [5.74, 6) is 1.09. The lowest BCUT2D eigenvalue weighted by Crippen LogP contribution is -2.10. The first-order valence-electron chi connectivity index (χ1n) is 4.57. The van der Waals surface area contributed by atoms with E-state index in [1.807, 2.05) is 17.7 Å². The molecule has 0 atom stereocenters. The highest BCUT2D eigenvalue weighted by atomic mass is 79.9. The number of hydrogen-bond donors (Lipinski definition) is 0. The van der Waals surface area contributed by atoms with Gasteiger partial charge in [-0.15, -0.1) is 0 Å². The van der Waals surface area contributed by atoms with Gasteiger partial charge in [0.1, 0.15) is 11.5 Å². The highest BCUT2D eigenvalue weighted by molar-refractivity contribution is 9.09. The van der Waals surface area contributed by atoms with Crippen LogP contribution >= 0.6 is 15.9 Å². The van der Waals surface area contributed by atoms with Crippen LogP contribution in [0.5, 0.6) is 0 Å². The minimum atomic E-state index is 0.0906. The van der Waals surface area contributed by atoms with Crippen molar-refractivity contribution in [3.8, 4) is 0 Å². The molecule has 2 rings (SSSR count). The van der Waals surface area contributed by atoms with Crippen LogP contribution in [0.2, 0.25) is 0 Å². The zero-order chi connectivity index (χ0) is 10.1. The maximum Gasteiger partial charge on any atom is 0.191 e. The number of fused-ring (bicyclic) bond motifs is 1. The molecule has 2 heterocycles. The fourth-order valence-electron chi connectivity index (χ4n) is 1.73. The molecule has 0 saturated carbocycles. The first-order chi connectivity index (χ1) is 6.74. The third kappa shape index (κ3) is 1.43. The van der Waals surface area contributed by atoms with Crippen LogP contribution in [0, 0.1) is 6.92 Å². The molecule has 1 aromatic rings. The average molecular weight is 255 g/mol. The molecule has 0 fully saturated rings. The van der Waals surface area contributed by atoms with Crippen LogP contribution in [0.4, 0.5) is 0 Å². The summed E-state index contributed by atoms with van der Waals surface area (Å²) >= 11 is 3.18. The number of aromatic nitrogens is 2. The van der Waals surface area contributed by atoms with Crippen LogP contribution < -0.4 is 0 Å². The highest BCUT2D eigenvalue weighted by Crippen LogP contribution is 2.18. The first kappa shape index (κ1) is 9.65. The van der Waals surface area contributed by atoms with Crippen molar-refractivity contribution in [2.75, 3.05) is 5.33 Å². The summed E-state index contributed by atoms with van der Waals surface area (Å²) in [5, 5.41) is 0.354. The van der Waals surface area contributed by atoms with E-state index in [0.29, 0.717) is 11.0 Å². The zero-order valence-corrected chi connectivity index (χ0v) is 9.54. The van der Waals surface area contributed by atoms with E-state index >= 15 is 0 Å². The van der Waals surface area contributed by atoms with Gasteiger partial charge < -0.3 is 4.57 Å². The molecule has 0 unspecified atom stereocenters. The Bertz CT molecular complexity index is 406. The second-order valence-electron chi connectivity index (χ2n) is 3.31. The lowest BCUT2D eigenvalue weighted by Gasteiger charge is -2.08. The van der Waals surface area contributed by atoms with Crippen molar-refractivity contribution in [1.82, 2.24) is 9.55 Å². The smallest absolute Gasteiger partial charge is 0.191 e. The molecule has 0 amide bonds. The fourth-order valence-corrected chi connectivity index (χ4v) is 2.00. The normalized spacial score (nSPS) is 14.1. The summed E-state index contributed by atoms with van der Waals surface area (Å²) in [6.45, 7) is 1.88. The van der Waals surface area contributed by atoms with Crippen molar-refractivity contribution in [2.45, 2.75) is 19.8 Å². The molecule has 0 aromatic carbocycles. The molecule has 0 N–H and O–H groups in total. The Morgan fingerprint density at radius 1 is 1.71 bits per heavy atom. The third-order valence-electron chi connectivity index (χ3n) is 2.33. The van der Waals surface area contributed by atoms with Crippen LogP contribution in [0.1, 0.15) is 28.4 Å². The van der Waals surface area contributed by atoms with E-state index in [1.165, 1.54) is 0 Å². The van der Waals surface area contributed by atoms with Crippen molar-refractivity contribution in [3.05, 3.63) is 23.3 Å². The number of ketones is 1. The number of nitrogens with zero attached hydrogens (tertiary/aromatic N) is 2. The SMILES string of the molecule is Cc1nc2n(c1C(=O)CBr)C=CCC2. The highest BCUT2D eigenvalue weighted by Gasteiger charge is 2.19. The lowest BCUT2D eigenvalue weighted by molar-refractivity contribution is 0.101. The summed E-state index contributed by atoms with van der Waals surface area (Å²) in [5.41, 5.74) is 1.55. The number of carbonyl (C=O) groups excluding carboxylic acids is 1. The molecule has 74 valence electrons. The summed E-state index contributed by atoms with van der Waals surface area (Å²) in [6, 6.07) is 0. The van der Waals surface area contributed by atoms with Gasteiger partial charge in [-0.2, -0.15) is 0 Å². The monoisotopic (exact) mass is 254 g/mol. The van der Waals surface area contributed by atoms with Gasteiger partial charge in [0.2, 0.25) is 0 Å². The Labute approximate surface area is 91.0 Å². The summed E-state index contributed by atoms with van der Waals surface area (Å²) in [6.07, 6.45) is 5.94. The van der Waals surface area contributed by atoms with Gasteiger partial charge in [-0.3, -0.25) is 4.79 Å². The van der Waals surface area contributed by atoms with Gasteiger partial charge in [0.05, 0.1) is 11.0 Å². The van der Waals surface area contributed by atoms with E-state index in [2.05, 4.69) is 27.0 Å². The van der Waals surface area contributed by atoms with Crippen LogP contribution in [0.15, 0.2) is 6.08 Å².